The van der Waals surface area contributed by atoms with E-state index < -0.39 is 5.54 Å². The number of unbranched alkanes of at least 4 members (excludes halogenated alkanes) is 3. The quantitative estimate of drug-likeness (QED) is 0.736. The Bertz CT molecular complexity index is 433. The molecule has 2 N–H and O–H groups in total. The third-order valence-electron chi connectivity index (χ3n) is 2.82. The highest BCUT2D eigenvalue weighted by molar-refractivity contribution is 5.17. The first kappa shape index (κ1) is 15.8. The van der Waals surface area contributed by atoms with Crippen LogP contribution < -0.4 is 16.0 Å². The second-order valence-electron chi connectivity index (χ2n) is 5.70. The van der Waals surface area contributed by atoms with Crippen molar-refractivity contribution >= 4 is 0 Å². The summed E-state index contributed by atoms with van der Waals surface area (Å²) >= 11 is 0. The molecule has 19 heavy (non-hydrogen) atoms. The third-order valence-corrected chi connectivity index (χ3v) is 2.82. The zero-order valence-electron chi connectivity index (χ0n) is 12.3. The summed E-state index contributed by atoms with van der Waals surface area (Å²) < 4.78 is 7.18. The zero-order valence-corrected chi connectivity index (χ0v) is 12.3. The van der Waals surface area contributed by atoms with Crippen molar-refractivity contribution < 1.29 is 4.74 Å². The number of nitrogens with zero attached hydrogens (tertiary/aromatic N) is 1. The molecule has 0 aliphatic heterocycles. The molecule has 0 saturated carbocycles. The van der Waals surface area contributed by atoms with Gasteiger partial charge in [0.25, 0.3) is 5.56 Å². The van der Waals surface area contributed by atoms with Crippen LogP contribution in [0.15, 0.2) is 23.1 Å². The number of hydrogen-bond acceptors (Lipinski definition) is 3. The van der Waals surface area contributed by atoms with Gasteiger partial charge in [-0.3, -0.25) is 4.79 Å². The van der Waals surface area contributed by atoms with Crippen LogP contribution in [0.2, 0.25) is 0 Å². The highest BCUT2D eigenvalue weighted by atomic mass is 16.5. The van der Waals surface area contributed by atoms with Crippen LogP contribution in [0.5, 0.6) is 5.75 Å². The van der Waals surface area contributed by atoms with Gasteiger partial charge in [0.1, 0.15) is 0 Å². The van der Waals surface area contributed by atoms with Gasteiger partial charge in [-0.15, -0.1) is 0 Å². The van der Waals surface area contributed by atoms with Crippen LogP contribution in [-0.2, 0) is 6.54 Å². The fraction of sp³-hybridized carbons (Fsp3) is 0.667. The van der Waals surface area contributed by atoms with E-state index in [2.05, 4.69) is 6.92 Å². The first-order valence-electron chi connectivity index (χ1n) is 7.05. The van der Waals surface area contributed by atoms with Crippen LogP contribution in [0, 0.1) is 0 Å². The molecule has 4 heteroatoms. The summed E-state index contributed by atoms with van der Waals surface area (Å²) in [4.78, 5) is 12.1. The number of aromatic nitrogens is 1. The second-order valence-corrected chi connectivity index (χ2v) is 5.70. The van der Waals surface area contributed by atoms with Gasteiger partial charge in [0.2, 0.25) is 0 Å². The van der Waals surface area contributed by atoms with Gasteiger partial charge < -0.3 is 15.0 Å². The van der Waals surface area contributed by atoms with Crippen molar-refractivity contribution in [3.05, 3.63) is 28.7 Å². The lowest BCUT2D eigenvalue weighted by Crippen LogP contribution is -2.40. The van der Waals surface area contributed by atoms with Gasteiger partial charge in [0.05, 0.1) is 6.61 Å². The number of nitrogens with two attached hydrogens (primary N) is 1. The van der Waals surface area contributed by atoms with Crippen LogP contribution in [0.25, 0.3) is 0 Å². The first-order valence-corrected chi connectivity index (χ1v) is 7.05. The average Bonchev–Trinajstić information content (AvgIpc) is 2.32. The molecule has 0 unspecified atom stereocenters. The predicted molar refractivity (Wildman–Crippen MR) is 78.6 cm³/mol. The lowest BCUT2D eigenvalue weighted by molar-refractivity contribution is 0.296. The SMILES string of the molecule is CCCCCCOc1cccn(CC(C)(C)N)c1=O. The maximum Gasteiger partial charge on any atom is 0.292 e. The smallest absolute Gasteiger partial charge is 0.292 e. The summed E-state index contributed by atoms with van der Waals surface area (Å²) in [7, 11) is 0. The molecule has 0 aromatic carbocycles. The topological polar surface area (TPSA) is 57.2 Å². The summed E-state index contributed by atoms with van der Waals surface area (Å²) in [6.45, 7) is 7.06. The molecular formula is C15H26N2O2. The largest absolute Gasteiger partial charge is 0.488 e. The Morgan fingerprint density at radius 3 is 2.68 bits per heavy atom. The zero-order chi connectivity index (χ0) is 14.3. The summed E-state index contributed by atoms with van der Waals surface area (Å²) in [5.41, 5.74) is 5.43. The Morgan fingerprint density at radius 2 is 2.05 bits per heavy atom. The minimum atomic E-state index is -0.413. The minimum Gasteiger partial charge on any atom is -0.488 e. The summed E-state index contributed by atoms with van der Waals surface area (Å²) in [5.74, 6) is 0.420. The van der Waals surface area contributed by atoms with E-state index in [4.69, 9.17) is 10.5 Å². The maximum absolute atomic E-state index is 12.1. The molecule has 0 amide bonds. The standard InChI is InChI=1S/C15H26N2O2/c1-4-5-6-7-11-19-13-9-8-10-17(14(13)18)12-15(2,3)16/h8-10H,4-7,11-12,16H2,1-3H3. The van der Waals surface area contributed by atoms with E-state index >= 15 is 0 Å². The number of hydrogen-bond donors (Lipinski definition) is 1. The Kier molecular flexibility index (Phi) is 6.09. The molecule has 4 nitrogen and oxygen atoms in total. The molecule has 1 heterocycles. The van der Waals surface area contributed by atoms with Crippen molar-refractivity contribution in [1.29, 1.82) is 0 Å². The minimum absolute atomic E-state index is 0.100. The first-order chi connectivity index (χ1) is 8.94. The van der Waals surface area contributed by atoms with E-state index in [0.717, 1.165) is 12.8 Å². The molecule has 0 radical (unpaired) electrons. The molecule has 0 atom stereocenters. The van der Waals surface area contributed by atoms with Crippen molar-refractivity contribution in [3.8, 4) is 5.75 Å². The molecule has 0 aliphatic rings. The fourth-order valence-corrected chi connectivity index (χ4v) is 1.90. The maximum atomic E-state index is 12.1. The lowest BCUT2D eigenvalue weighted by atomic mass is 10.1. The van der Waals surface area contributed by atoms with E-state index in [1.807, 2.05) is 19.9 Å². The van der Waals surface area contributed by atoms with Crippen molar-refractivity contribution in [2.24, 2.45) is 5.73 Å². The summed E-state index contributed by atoms with van der Waals surface area (Å²) in [6.07, 6.45) is 6.30. The molecule has 108 valence electrons. The Hall–Kier alpha value is -1.29. The van der Waals surface area contributed by atoms with Crippen molar-refractivity contribution in [2.75, 3.05) is 6.61 Å². The van der Waals surface area contributed by atoms with E-state index in [9.17, 15) is 4.79 Å². The van der Waals surface area contributed by atoms with E-state index in [1.54, 1.807) is 16.8 Å². The van der Waals surface area contributed by atoms with E-state index in [-0.39, 0.29) is 5.56 Å². The van der Waals surface area contributed by atoms with Crippen LogP contribution in [0.1, 0.15) is 46.5 Å². The van der Waals surface area contributed by atoms with Gasteiger partial charge in [0.15, 0.2) is 5.75 Å². The Balaban J connectivity index is 2.60. The van der Waals surface area contributed by atoms with Gasteiger partial charge in [-0.25, -0.2) is 0 Å². The third kappa shape index (κ3) is 5.92. The summed E-state index contributed by atoms with van der Waals surface area (Å²) in [5, 5.41) is 0. The van der Waals surface area contributed by atoms with Gasteiger partial charge in [-0.05, 0) is 32.4 Å². The molecular weight excluding hydrogens is 240 g/mol. The lowest BCUT2D eigenvalue weighted by Gasteiger charge is -2.20. The van der Waals surface area contributed by atoms with Crippen molar-refractivity contribution in [2.45, 2.75) is 58.5 Å². The highest BCUT2D eigenvalue weighted by Crippen LogP contribution is 2.07. The van der Waals surface area contributed by atoms with Crippen LogP contribution >= 0.6 is 0 Å². The van der Waals surface area contributed by atoms with E-state index in [1.165, 1.54) is 12.8 Å². The van der Waals surface area contributed by atoms with Gasteiger partial charge >= 0.3 is 0 Å². The molecule has 0 saturated heterocycles. The Morgan fingerprint density at radius 1 is 1.32 bits per heavy atom. The monoisotopic (exact) mass is 266 g/mol. The average molecular weight is 266 g/mol. The highest BCUT2D eigenvalue weighted by Gasteiger charge is 2.13. The van der Waals surface area contributed by atoms with E-state index in [0.29, 0.717) is 18.9 Å². The molecule has 1 rings (SSSR count). The predicted octanol–water partition coefficient (Wildman–Crippen LogP) is 2.54. The van der Waals surface area contributed by atoms with Gasteiger partial charge in [0, 0.05) is 18.3 Å². The second kappa shape index (κ2) is 7.34. The molecule has 1 aromatic rings. The number of pyridine rings is 1. The molecule has 0 fully saturated rings. The molecule has 0 bridgehead atoms. The number of rotatable bonds is 8. The number of ether oxygens (including phenoxy) is 1. The molecule has 0 aliphatic carbocycles. The van der Waals surface area contributed by atoms with Crippen molar-refractivity contribution in [3.63, 3.8) is 0 Å². The van der Waals surface area contributed by atoms with Gasteiger partial charge in [-0.2, -0.15) is 0 Å². The van der Waals surface area contributed by atoms with Crippen LogP contribution in [0.4, 0.5) is 0 Å². The molecule has 1 aromatic heterocycles. The Labute approximate surface area is 115 Å². The van der Waals surface area contributed by atoms with Crippen LogP contribution in [0.3, 0.4) is 0 Å². The normalized spacial score (nSPS) is 11.6. The summed E-state index contributed by atoms with van der Waals surface area (Å²) in [6, 6.07) is 3.55. The van der Waals surface area contributed by atoms with Crippen molar-refractivity contribution in [1.82, 2.24) is 4.57 Å². The molecule has 0 spiro atoms. The van der Waals surface area contributed by atoms with Gasteiger partial charge in [-0.1, -0.05) is 26.2 Å². The fourth-order valence-electron chi connectivity index (χ4n) is 1.90. The van der Waals surface area contributed by atoms with Crippen LogP contribution in [-0.4, -0.2) is 16.7 Å².